The summed E-state index contributed by atoms with van der Waals surface area (Å²) in [6.45, 7) is 4.36. The maximum atomic E-state index is 13.0. The minimum atomic E-state index is -4.01. The summed E-state index contributed by atoms with van der Waals surface area (Å²) in [6.07, 6.45) is 1.36. The van der Waals surface area contributed by atoms with Crippen molar-refractivity contribution in [2.24, 2.45) is 0 Å². The first-order chi connectivity index (χ1) is 14.8. The fourth-order valence-corrected chi connectivity index (χ4v) is 3.97. The molecular weight excluding hydrogens is 444 g/mol. The van der Waals surface area contributed by atoms with Crippen LogP contribution < -0.4 is 19.5 Å². The van der Waals surface area contributed by atoms with Crippen molar-refractivity contribution in [3.63, 3.8) is 0 Å². The van der Waals surface area contributed by atoms with E-state index in [4.69, 9.17) is 25.5 Å². The number of hydrogen-bond acceptors (Lipinski definition) is 6. The Kier molecular flexibility index (Phi) is 7.09. The predicted molar refractivity (Wildman–Crippen MR) is 118 cm³/mol. The van der Waals surface area contributed by atoms with Crippen molar-refractivity contribution in [2.45, 2.75) is 18.7 Å². The SMILES string of the molecule is CCOc1ccc(S(=O)(=O)Nc2ccc(Cl)cc2NC(=O)c2ccco2)cc1OCC. The van der Waals surface area contributed by atoms with E-state index in [0.717, 1.165) is 0 Å². The number of hydrogen-bond donors (Lipinski definition) is 2. The van der Waals surface area contributed by atoms with Gasteiger partial charge in [0.15, 0.2) is 17.3 Å². The van der Waals surface area contributed by atoms with E-state index in [1.165, 1.54) is 48.7 Å². The maximum Gasteiger partial charge on any atom is 0.291 e. The molecule has 0 fully saturated rings. The van der Waals surface area contributed by atoms with Crippen LogP contribution in [0.1, 0.15) is 24.4 Å². The summed E-state index contributed by atoms with van der Waals surface area (Å²) in [5.41, 5.74) is 0.310. The lowest BCUT2D eigenvalue weighted by Crippen LogP contribution is -2.17. The number of benzene rings is 2. The highest BCUT2D eigenvalue weighted by atomic mass is 35.5. The van der Waals surface area contributed by atoms with Gasteiger partial charge >= 0.3 is 0 Å². The molecule has 2 N–H and O–H groups in total. The van der Waals surface area contributed by atoms with Crippen LogP contribution >= 0.6 is 11.6 Å². The van der Waals surface area contributed by atoms with Crippen LogP contribution in [0.2, 0.25) is 5.02 Å². The Morgan fingerprint density at radius 1 is 1.00 bits per heavy atom. The van der Waals surface area contributed by atoms with Gasteiger partial charge in [-0.1, -0.05) is 11.6 Å². The molecule has 0 spiro atoms. The van der Waals surface area contributed by atoms with Gasteiger partial charge in [-0.25, -0.2) is 8.42 Å². The van der Waals surface area contributed by atoms with Gasteiger partial charge in [-0.3, -0.25) is 9.52 Å². The molecule has 31 heavy (non-hydrogen) atoms. The van der Waals surface area contributed by atoms with Crippen molar-refractivity contribution in [3.05, 3.63) is 65.6 Å². The highest BCUT2D eigenvalue weighted by Gasteiger charge is 2.20. The first-order valence-electron chi connectivity index (χ1n) is 9.41. The minimum absolute atomic E-state index is 0.0299. The molecule has 0 aliphatic carbocycles. The van der Waals surface area contributed by atoms with Gasteiger partial charge in [-0.15, -0.1) is 0 Å². The molecule has 1 amide bonds. The number of rotatable bonds is 9. The number of carbonyl (C=O) groups is 1. The second kappa shape index (κ2) is 9.76. The number of carbonyl (C=O) groups excluding carboxylic acids is 1. The quantitative estimate of drug-likeness (QED) is 0.471. The molecule has 0 unspecified atom stereocenters. The molecule has 2 aromatic carbocycles. The summed E-state index contributed by atoms with van der Waals surface area (Å²) in [5.74, 6) is 0.282. The Labute approximate surface area is 185 Å². The average molecular weight is 465 g/mol. The van der Waals surface area contributed by atoms with Gasteiger partial charge in [-0.05, 0) is 56.3 Å². The maximum absolute atomic E-state index is 13.0. The Morgan fingerprint density at radius 3 is 2.42 bits per heavy atom. The summed E-state index contributed by atoms with van der Waals surface area (Å²) in [7, 11) is -4.01. The van der Waals surface area contributed by atoms with Gasteiger partial charge in [0.25, 0.3) is 15.9 Å². The van der Waals surface area contributed by atoms with E-state index >= 15 is 0 Å². The molecule has 0 saturated carbocycles. The van der Waals surface area contributed by atoms with Gasteiger partial charge in [0.05, 0.1) is 35.7 Å². The van der Waals surface area contributed by atoms with Crippen molar-refractivity contribution in [3.8, 4) is 11.5 Å². The zero-order valence-corrected chi connectivity index (χ0v) is 18.4. The van der Waals surface area contributed by atoms with Gasteiger partial charge in [-0.2, -0.15) is 0 Å². The minimum Gasteiger partial charge on any atom is -0.490 e. The monoisotopic (exact) mass is 464 g/mol. The molecule has 0 radical (unpaired) electrons. The first kappa shape index (κ1) is 22.5. The Balaban J connectivity index is 1.91. The van der Waals surface area contributed by atoms with Gasteiger partial charge < -0.3 is 19.2 Å². The van der Waals surface area contributed by atoms with Crippen LogP contribution in [0.3, 0.4) is 0 Å². The third-order valence-electron chi connectivity index (χ3n) is 4.04. The van der Waals surface area contributed by atoms with Crippen LogP contribution in [0.5, 0.6) is 11.5 Å². The molecular formula is C21H21ClN2O6S. The van der Waals surface area contributed by atoms with Crippen LogP contribution in [0, 0.1) is 0 Å². The number of sulfonamides is 1. The molecule has 0 bridgehead atoms. The fourth-order valence-electron chi connectivity index (χ4n) is 2.70. The van der Waals surface area contributed by atoms with Gasteiger partial charge in [0.2, 0.25) is 0 Å². The predicted octanol–water partition coefficient (Wildman–Crippen LogP) is 4.78. The normalized spacial score (nSPS) is 11.1. The number of amides is 1. The largest absolute Gasteiger partial charge is 0.490 e. The molecule has 0 saturated heterocycles. The summed E-state index contributed by atoms with van der Waals surface area (Å²) in [4.78, 5) is 12.3. The van der Waals surface area contributed by atoms with Crippen LogP contribution in [-0.4, -0.2) is 27.5 Å². The summed E-state index contributed by atoms with van der Waals surface area (Å²) >= 11 is 6.03. The van der Waals surface area contributed by atoms with E-state index in [0.29, 0.717) is 29.7 Å². The van der Waals surface area contributed by atoms with E-state index in [9.17, 15) is 13.2 Å². The molecule has 0 aliphatic heterocycles. The molecule has 3 rings (SSSR count). The van der Waals surface area contributed by atoms with Crippen molar-refractivity contribution in [1.29, 1.82) is 0 Å². The zero-order chi connectivity index (χ0) is 22.4. The topological polar surface area (TPSA) is 107 Å². The highest BCUT2D eigenvalue weighted by Crippen LogP contribution is 2.33. The third kappa shape index (κ3) is 5.50. The van der Waals surface area contributed by atoms with Gasteiger partial charge in [0, 0.05) is 11.1 Å². The molecule has 0 aliphatic rings. The van der Waals surface area contributed by atoms with Crippen molar-refractivity contribution in [1.82, 2.24) is 0 Å². The van der Waals surface area contributed by atoms with Crippen LogP contribution in [-0.2, 0) is 10.0 Å². The molecule has 1 heterocycles. The number of nitrogens with one attached hydrogen (secondary N) is 2. The van der Waals surface area contributed by atoms with E-state index < -0.39 is 15.9 Å². The molecule has 164 valence electrons. The molecule has 3 aromatic rings. The van der Waals surface area contributed by atoms with Gasteiger partial charge in [0.1, 0.15) is 0 Å². The van der Waals surface area contributed by atoms with E-state index in [1.54, 1.807) is 13.0 Å². The van der Waals surface area contributed by atoms with Crippen molar-refractivity contribution in [2.75, 3.05) is 23.3 Å². The third-order valence-corrected chi connectivity index (χ3v) is 5.64. The Bertz CT molecular complexity index is 1160. The summed E-state index contributed by atoms with van der Waals surface area (Å²) < 4.78 is 44.5. The fraction of sp³-hybridized carbons (Fsp3) is 0.190. The number of furan rings is 1. The second-order valence-corrected chi connectivity index (χ2v) is 8.32. The summed E-state index contributed by atoms with van der Waals surface area (Å²) in [5, 5.41) is 2.91. The highest BCUT2D eigenvalue weighted by molar-refractivity contribution is 7.92. The Morgan fingerprint density at radius 2 is 1.74 bits per heavy atom. The van der Waals surface area contributed by atoms with Crippen molar-refractivity contribution < 1.29 is 27.1 Å². The number of anilines is 2. The van der Waals surface area contributed by atoms with E-state index in [1.807, 2.05) is 6.92 Å². The van der Waals surface area contributed by atoms with Crippen LogP contribution in [0.15, 0.2) is 64.1 Å². The lowest BCUT2D eigenvalue weighted by molar-refractivity contribution is 0.0996. The lowest BCUT2D eigenvalue weighted by atomic mass is 10.2. The molecule has 1 aromatic heterocycles. The molecule has 0 atom stereocenters. The van der Waals surface area contributed by atoms with Crippen LogP contribution in [0.4, 0.5) is 11.4 Å². The second-order valence-electron chi connectivity index (χ2n) is 6.20. The van der Waals surface area contributed by atoms with Crippen molar-refractivity contribution >= 4 is 38.9 Å². The summed E-state index contributed by atoms with van der Waals surface area (Å²) in [6, 6.07) is 11.8. The standard InChI is InChI=1S/C21H21ClN2O6S/c1-3-28-18-10-8-15(13-20(18)29-4-2)31(26,27)24-16-9-7-14(22)12-17(16)23-21(25)19-6-5-11-30-19/h5-13,24H,3-4H2,1-2H3,(H,23,25). The smallest absolute Gasteiger partial charge is 0.291 e. The van der Waals surface area contributed by atoms with Crippen LogP contribution in [0.25, 0.3) is 0 Å². The Hall–Kier alpha value is -3.17. The first-order valence-corrected chi connectivity index (χ1v) is 11.3. The van der Waals surface area contributed by atoms with E-state index in [-0.39, 0.29) is 22.0 Å². The number of halogens is 1. The zero-order valence-electron chi connectivity index (χ0n) is 16.8. The molecule has 10 heteroatoms. The number of ether oxygens (including phenoxy) is 2. The average Bonchev–Trinajstić information content (AvgIpc) is 3.26. The van der Waals surface area contributed by atoms with E-state index in [2.05, 4.69) is 10.0 Å². The molecule has 8 nitrogen and oxygen atoms in total. The lowest BCUT2D eigenvalue weighted by Gasteiger charge is -2.15.